The zero-order valence-electron chi connectivity index (χ0n) is 6.52. The standard InChI is InChI=1S/C9H13Br/c1-7(2)8(3)5-6-9(4)10/h5-7H,3-4H2,1-2H3/b6-5-. The second-order valence-electron chi connectivity index (χ2n) is 2.51. The molecule has 56 valence electrons. The van der Waals surface area contributed by atoms with E-state index in [-0.39, 0.29) is 0 Å². The summed E-state index contributed by atoms with van der Waals surface area (Å²) in [5, 5.41) is 0. The van der Waals surface area contributed by atoms with Crippen molar-refractivity contribution in [1.29, 1.82) is 0 Å². The second-order valence-corrected chi connectivity index (χ2v) is 3.53. The highest BCUT2D eigenvalue weighted by molar-refractivity contribution is 9.11. The van der Waals surface area contributed by atoms with E-state index >= 15 is 0 Å². The summed E-state index contributed by atoms with van der Waals surface area (Å²) in [5.74, 6) is 0.517. The summed E-state index contributed by atoms with van der Waals surface area (Å²) in [4.78, 5) is 0. The van der Waals surface area contributed by atoms with E-state index in [2.05, 4.69) is 42.9 Å². The molecule has 0 aliphatic heterocycles. The zero-order chi connectivity index (χ0) is 8.15. The first-order valence-corrected chi connectivity index (χ1v) is 4.04. The van der Waals surface area contributed by atoms with Gasteiger partial charge in [-0.25, -0.2) is 0 Å². The summed E-state index contributed by atoms with van der Waals surface area (Å²) >= 11 is 3.23. The van der Waals surface area contributed by atoms with Crippen LogP contribution in [0.25, 0.3) is 0 Å². The molecule has 1 heteroatoms. The van der Waals surface area contributed by atoms with Crippen molar-refractivity contribution in [3.63, 3.8) is 0 Å². The molecule has 0 spiro atoms. The largest absolute Gasteiger partial charge is 0.0956 e. The maximum Gasteiger partial charge on any atom is 0.0103 e. The van der Waals surface area contributed by atoms with Gasteiger partial charge < -0.3 is 0 Å². The van der Waals surface area contributed by atoms with Crippen LogP contribution in [0.4, 0.5) is 0 Å². The van der Waals surface area contributed by atoms with Gasteiger partial charge in [0.2, 0.25) is 0 Å². The van der Waals surface area contributed by atoms with Crippen molar-refractivity contribution in [2.75, 3.05) is 0 Å². The molecular formula is C9H13Br. The third-order valence-corrected chi connectivity index (χ3v) is 1.48. The summed E-state index contributed by atoms with van der Waals surface area (Å²) in [6.45, 7) is 11.8. The maximum absolute atomic E-state index is 3.88. The Morgan fingerprint density at radius 3 is 2.10 bits per heavy atom. The van der Waals surface area contributed by atoms with Gasteiger partial charge in [-0.15, -0.1) is 0 Å². The van der Waals surface area contributed by atoms with E-state index in [4.69, 9.17) is 0 Å². The Morgan fingerprint density at radius 2 is 1.80 bits per heavy atom. The molecule has 0 fully saturated rings. The van der Waals surface area contributed by atoms with Crippen LogP contribution in [0.3, 0.4) is 0 Å². The van der Waals surface area contributed by atoms with Crippen LogP contribution in [-0.4, -0.2) is 0 Å². The Balaban J connectivity index is 3.90. The molecule has 0 N–H and O–H groups in total. The van der Waals surface area contributed by atoms with Gasteiger partial charge in [0, 0.05) is 4.48 Å². The lowest BCUT2D eigenvalue weighted by molar-refractivity contribution is 0.795. The molecule has 0 saturated heterocycles. The van der Waals surface area contributed by atoms with Crippen molar-refractivity contribution in [2.24, 2.45) is 5.92 Å². The van der Waals surface area contributed by atoms with Crippen molar-refractivity contribution in [1.82, 2.24) is 0 Å². The van der Waals surface area contributed by atoms with E-state index < -0.39 is 0 Å². The molecule has 0 atom stereocenters. The van der Waals surface area contributed by atoms with E-state index in [1.165, 1.54) is 0 Å². The minimum Gasteiger partial charge on any atom is -0.0956 e. The summed E-state index contributed by atoms with van der Waals surface area (Å²) in [5.41, 5.74) is 1.13. The normalized spacial score (nSPS) is 10.8. The minimum atomic E-state index is 0.517. The number of hydrogen-bond donors (Lipinski definition) is 0. The number of rotatable bonds is 3. The quantitative estimate of drug-likeness (QED) is 0.611. The van der Waals surface area contributed by atoms with Crippen LogP contribution in [0.15, 0.2) is 35.4 Å². The minimum absolute atomic E-state index is 0.517. The summed E-state index contributed by atoms with van der Waals surface area (Å²) in [7, 11) is 0. The van der Waals surface area contributed by atoms with Gasteiger partial charge in [0.05, 0.1) is 0 Å². The summed E-state index contributed by atoms with van der Waals surface area (Å²) in [6, 6.07) is 0. The smallest absolute Gasteiger partial charge is 0.0103 e. The van der Waals surface area contributed by atoms with Crippen LogP contribution < -0.4 is 0 Å². The number of allylic oxidation sites excluding steroid dienone is 4. The fraction of sp³-hybridized carbons (Fsp3) is 0.333. The molecule has 0 aliphatic carbocycles. The highest BCUT2D eigenvalue weighted by Gasteiger charge is 1.93. The Morgan fingerprint density at radius 1 is 1.30 bits per heavy atom. The Bertz CT molecular complexity index is 164. The van der Waals surface area contributed by atoms with Gasteiger partial charge in [-0.05, 0) is 12.0 Å². The lowest BCUT2D eigenvalue weighted by Gasteiger charge is -2.01. The maximum atomic E-state index is 3.88. The average molecular weight is 201 g/mol. The van der Waals surface area contributed by atoms with E-state index in [0.29, 0.717) is 5.92 Å². The topological polar surface area (TPSA) is 0 Å². The Hall–Kier alpha value is -0.300. The first kappa shape index (κ1) is 9.70. The van der Waals surface area contributed by atoms with Crippen LogP contribution in [0, 0.1) is 5.92 Å². The molecule has 0 radical (unpaired) electrons. The molecule has 0 nitrogen and oxygen atoms in total. The van der Waals surface area contributed by atoms with Gasteiger partial charge in [-0.3, -0.25) is 0 Å². The molecule has 0 amide bonds. The van der Waals surface area contributed by atoms with Gasteiger partial charge >= 0.3 is 0 Å². The summed E-state index contributed by atoms with van der Waals surface area (Å²) < 4.78 is 0.884. The molecule has 0 aromatic rings. The van der Waals surface area contributed by atoms with Gasteiger partial charge in [0.25, 0.3) is 0 Å². The molecule has 10 heavy (non-hydrogen) atoms. The highest BCUT2D eigenvalue weighted by Crippen LogP contribution is 2.10. The molecule has 0 heterocycles. The van der Waals surface area contributed by atoms with E-state index in [1.54, 1.807) is 0 Å². The summed E-state index contributed by atoms with van der Waals surface area (Å²) in [6.07, 6.45) is 3.88. The predicted molar refractivity (Wildman–Crippen MR) is 51.2 cm³/mol. The van der Waals surface area contributed by atoms with Gasteiger partial charge in [0.1, 0.15) is 0 Å². The van der Waals surface area contributed by atoms with Gasteiger partial charge in [-0.2, -0.15) is 0 Å². The predicted octanol–water partition coefficient (Wildman–Crippen LogP) is 3.66. The van der Waals surface area contributed by atoms with Crippen molar-refractivity contribution in [2.45, 2.75) is 13.8 Å². The van der Waals surface area contributed by atoms with Crippen molar-refractivity contribution >= 4 is 15.9 Å². The average Bonchev–Trinajstić information content (AvgIpc) is 1.82. The zero-order valence-corrected chi connectivity index (χ0v) is 8.11. The molecule has 0 bridgehead atoms. The molecule has 0 saturated carbocycles. The van der Waals surface area contributed by atoms with E-state index in [0.717, 1.165) is 10.1 Å². The molecule has 0 rings (SSSR count). The molecule has 0 aliphatic rings. The third kappa shape index (κ3) is 4.57. The lowest BCUT2D eigenvalue weighted by Crippen LogP contribution is -1.86. The van der Waals surface area contributed by atoms with Crippen molar-refractivity contribution in [3.8, 4) is 0 Å². The number of halogens is 1. The Kier molecular flexibility index (Phi) is 4.37. The van der Waals surface area contributed by atoms with Crippen molar-refractivity contribution < 1.29 is 0 Å². The van der Waals surface area contributed by atoms with Crippen LogP contribution in [0.1, 0.15) is 13.8 Å². The molecule has 0 unspecified atom stereocenters. The Labute approximate surface area is 71.5 Å². The lowest BCUT2D eigenvalue weighted by atomic mass is 10.1. The first-order valence-electron chi connectivity index (χ1n) is 3.25. The second kappa shape index (κ2) is 4.51. The van der Waals surface area contributed by atoms with Crippen LogP contribution >= 0.6 is 15.9 Å². The van der Waals surface area contributed by atoms with E-state index in [1.807, 2.05) is 12.2 Å². The molecule has 0 aromatic carbocycles. The third-order valence-electron chi connectivity index (χ3n) is 1.22. The SMILES string of the molecule is C=C(Br)/C=C\C(=C)C(C)C. The molecule has 0 aromatic heterocycles. The van der Waals surface area contributed by atoms with Crippen molar-refractivity contribution in [3.05, 3.63) is 35.4 Å². The van der Waals surface area contributed by atoms with Crippen LogP contribution in [0.5, 0.6) is 0 Å². The number of hydrogen-bond acceptors (Lipinski definition) is 0. The monoisotopic (exact) mass is 200 g/mol. The highest BCUT2D eigenvalue weighted by atomic mass is 79.9. The van der Waals surface area contributed by atoms with Crippen LogP contribution in [-0.2, 0) is 0 Å². The van der Waals surface area contributed by atoms with Gasteiger partial charge in [0.15, 0.2) is 0 Å². The molecular weight excluding hydrogens is 188 g/mol. The van der Waals surface area contributed by atoms with E-state index in [9.17, 15) is 0 Å². The fourth-order valence-electron chi connectivity index (χ4n) is 0.390. The fourth-order valence-corrected chi connectivity index (χ4v) is 0.522. The first-order chi connectivity index (χ1) is 4.54. The van der Waals surface area contributed by atoms with Crippen LogP contribution in [0.2, 0.25) is 0 Å². The van der Waals surface area contributed by atoms with Gasteiger partial charge in [-0.1, -0.05) is 54.6 Å².